The summed E-state index contributed by atoms with van der Waals surface area (Å²) >= 11 is 0. The Hall–Kier alpha value is -2.30. The van der Waals surface area contributed by atoms with Crippen molar-refractivity contribution in [1.29, 1.82) is 0 Å². The number of aromatic nitrogens is 2. The molecule has 0 unspecified atom stereocenters. The molecule has 0 amide bonds. The summed E-state index contributed by atoms with van der Waals surface area (Å²) in [4.78, 5) is 11.6. The van der Waals surface area contributed by atoms with Crippen molar-refractivity contribution >= 4 is 17.3 Å². The normalized spacial score (nSPS) is 32.4. The Labute approximate surface area is 185 Å². The van der Waals surface area contributed by atoms with Gasteiger partial charge in [-0.25, -0.2) is 9.97 Å². The average molecular weight is 418 g/mol. The molecule has 1 aromatic heterocycles. The zero-order valence-corrected chi connectivity index (χ0v) is 18.5. The smallest absolute Gasteiger partial charge is 0.157 e. The van der Waals surface area contributed by atoms with Gasteiger partial charge >= 0.3 is 0 Å². The van der Waals surface area contributed by atoms with E-state index in [9.17, 15) is 0 Å². The zero-order chi connectivity index (χ0) is 20.8. The minimum Gasteiger partial charge on any atom is -0.393 e. The van der Waals surface area contributed by atoms with E-state index >= 15 is 0 Å². The van der Waals surface area contributed by atoms with E-state index in [0.717, 1.165) is 54.1 Å². The second kappa shape index (κ2) is 7.68. The molecule has 0 atom stereocenters. The van der Waals surface area contributed by atoms with Crippen molar-refractivity contribution in [2.75, 3.05) is 29.0 Å². The summed E-state index contributed by atoms with van der Waals surface area (Å²) in [6.45, 7) is 2.05. The first-order valence-electron chi connectivity index (χ1n) is 12.3. The summed E-state index contributed by atoms with van der Waals surface area (Å²) in [5.74, 6) is 5.27. The van der Waals surface area contributed by atoms with Gasteiger partial charge in [-0.05, 0) is 87.0 Å². The summed E-state index contributed by atoms with van der Waals surface area (Å²) in [5, 5.41) is 3.87. The standard InChI is InChI=1S/C26H35N5/c27-23-24(30-26-14-20-11-21(15-26)13-22(12-20)16-26)28-17-29-25(23)31-8-6-19(7-9-31)10-18-4-2-1-3-5-18/h1-5,17,19-22H,6-16,27H2,(H,28,29,30). The lowest BCUT2D eigenvalue weighted by Gasteiger charge is -2.57. The zero-order valence-electron chi connectivity index (χ0n) is 18.5. The highest BCUT2D eigenvalue weighted by atomic mass is 15.2. The van der Waals surface area contributed by atoms with Gasteiger partial charge in [-0.3, -0.25) is 0 Å². The van der Waals surface area contributed by atoms with Crippen LogP contribution < -0.4 is 16.0 Å². The average Bonchev–Trinajstić information content (AvgIpc) is 2.76. The van der Waals surface area contributed by atoms with Crippen LogP contribution in [0.1, 0.15) is 56.9 Å². The molecular formula is C26H35N5. The Morgan fingerprint density at radius 2 is 1.58 bits per heavy atom. The van der Waals surface area contributed by atoms with E-state index in [1.165, 1.54) is 63.4 Å². The van der Waals surface area contributed by atoms with Crippen molar-refractivity contribution in [3.05, 3.63) is 42.2 Å². The number of piperidine rings is 1. The van der Waals surface area contributed by atoms with Crippen molar-refractivity contribution in [2.24, 2.45) is 23.7 Å². The number of hydrogen-bond acceptors (Lipinski definition) is 5. The third-order valence-corrected chi connectivity index (χ3v) is 8.57. The minimum absolute atomic E-state index is 0.219. The lowest BCUT2D eigenvalue weighted by molar-refractivity contribution is 0.0106. The fraction of sp³-hybridized carbons (Fsp3) is 0.615. The van der Waals surface area contributed by atoms with Crippen LogP contribution in [0.4, 0.5) is 17.3 Å². The van der Waals surface area contributed by atoms with Crippen LogP contribution in [0.3, 0.4) is 0 Å². The summed E-state index contributed by atoms with van der Waals surface area (Å²) in [5.41, 5.74) is 9.09. The van der Waals surface area contributed by atoms with Gasteiger partial charge in [-0.2, -0.15) is 0 Å². The Kier molecular flexibility index (Phi) is 4.81. The lowest BCUT2D eigenvalue weighted by Crippen LogP contribution is -2.55. The highest BCUT2D eigenvalue weighted by molar-refractivity contribution is 5.75. The van der Waals surface area contributed by atoms with Gasteiger partial charge in [0.15, 0.2) is 11.6 Å². The maximum atomic E-state index is 6.67. The third kappa shape index (κ3) is 3.77. The molecule has 0 spiro atoms. The molecule has 1 aliphatic heterocycles. The Morgan fingerprint density at radius 3 is 2.23 bits per heavy atom. The Morgan fingerprint density at radius 1 is 0.935 bits per heavy atom. The third-order valence-electron chi connectivity index (χ3n) is 8.57. The van der Waals surface area contributed by atoms with E-state index in [-0.39, 0.29) is 5.54 Å². The van der Waals surface area contributed by atoms with Gasteiger partial charge in [-0.15, -0.1) is 0 Å². The number of anilines is 3. The van der Waals surface area contributed by atoms with Crippen LogP contribution in [0.5, 0.6) is 0 Å². The molecule has 31 heavy (non-hydrogen) atoms. The monoisotopic (exact) mass is 417 g/mol. The number of nitrogen functional groups attached to an aromatic ring is 1. The van der Waals surface area contributed by atoms with Crippen molar-refractivity contribution < 1.29 is 0 Å². The molecule has 4 saturated carbocycles. The molecule has 1 aromatic carbocycles. The SMILES string of the molecule is Nc1c(NC23CC4CC(CC(C4)C2)C3)ncnc1N1CCC(Cc2ccccc2)CC1. The first-order chi connectivity index (χ1) is 15.2. The molecule has 5 fully saturated rings. The van der Waals surface area contributed by atoms with Crippen LogP contribution in [-0.4, -0.2) is 28.6 Å². The summed E-state index contributed by atoms with van der Waals surface area (Å²) < 4.78 is 0. The van der Waals surface area contributed by atoms with E-state index in [2.05, 4.69) is 50.5 Å². The highest BCUT2D eigenvalue weighted by Crippen LogP contribution is 2.56. The molecule has 5 nitrogen and oxygen atoms in total. The molecular weight excluding hydrogens is 382 g/mol. The van der Waals surface area contributed by atoms with Crippen molar-refractivity contribution in [3.8, 4) is 0 Å². The Balaban J connectivity index is 1.14. The van der Waals surface area contributed by atoms with Gasteiger partial charge < -0.3 is 16.0 Å². The second-order valence-electron chi connectivity index (χ2n) is 10.9. The van der Waals surface area contributed by atoms with Gasteiger partial charge in [0.1, 0.15) is 12.0 Å². The predicted molar refractivity (Wildman–Crippen MR) is 126 cm³/mol. The fourth-order valence-corrected chi connectivity index (χ4v) is 7.55. The maximum Gasteiger partial charge on any atom is 0.157 e. The molecule has 5 aliphatic rings. The number of benzene rings is 1. The van der Waals surface area contributed by atoms with Crippen LogP contribution >= 0.6 is 0 Å². The van der Waals surface area contributed by atoms with E-state index in [0.29, 0.717) is 0 Å². The van der Waals surface area contributed by atoms with E-state index in [4.69, 9.17) is 5.73 Å². The van der Waals surface area contributed by atoms with Crippen LogP contribution in [-0.2, 0) is 6.42 Å². The molecule has 1 saturated heterocycles. The van der Waals surface area contributed by atoms with Gasteiger partial charge in [0.2, 0.25) is 0 Å². The second-order valence-corrected chi connectivity index (χ2v) is 10.9. The van der Waals surface area contributed by atoms with Gasteiger partial charge in [0.25, 0.3) is 0 Å². The number of nitrogens with two attached hydrogens (primary N) is 1. The molecule has 0 radical (unpaired) electrons. The van der Waals surface area contributed by atoms with Crippen LogP contribution in [0.25, 0.3) is 0 Å². The van der Waals surface area contributed by atoms with E-state index in [1.807, 2.05) is 0 Å². The predicted octanol–water partition coefficient (Wildman–Crippen LogP) is 4.90. The molecule has 2 aromatic rings. The largest absolute Gasteiger partial charge is 0.393 e. The topological polar surface area (TPSA) is 67.1 Å². The number of nitrogens with zero attached hydrogens (tertiary/aromatic N) is 3. The number of rotatable bonds is 5. The maximum absolute atomic E-state index is 6.67. The Bertz CT molecular complexity index is 883. The number of nitrogens with one attached hydrogen (secondary N) is 1. The summed E-state index contributed by atoms with van der Waals surface area (Å²) in [6.07, 6.45) is 13.5. The van der Waals surface area contributed by atoms with Crippen molar-refractivity contribution in [3.63, 3.8) is 0 Å². The molecule has 2 heterocycles. The molecule has 4 aliphatic carbocycles. The van der Waals surface area contributed by atoms with Gasteiger partial charge in [-0.1, -0.05) is 30.3 Å². The first-order valence-corrected chi connectivity index (χ1v) is 12.3. The van der Waals surface area contributed by atoms with Crippen LogP contribution in [0.15, 0.2) is 36.7 Å². The lowest BCUT2D eigenvalue weighted by atomic mass is 9.53. The van der Waals surface area contributed by atoms with Crippen LogP contribution in [0, 0.1) is 23.7 Å². The van der Waals surface area contributed by atoms with E-state index in [1.54, 1.807) is 6.33 Å². The minimum atomic E-state index is 0.219. The first kappa shape index (κ1) is 19.4. The number of hydrogen-bond donors (Lipinski definition) is 2. The van der Waals surface area contributed by atoms with Gasteiger partial charge in [0, 0.05) is 18.6 Å². The highest BCUT2D eigenvalue weighted by Gasteiger charge is 2.51. The van der Waals surface area contributed by atoms with Gasteiger partial charge in [0.05, 0.1) is 0 Å². The van der Waals surface area contributed by atoms with Crippen LogP contribution in [0.2, 0.25) is 0 Å². The fourth-order valence-electron chi connectivity index (χ4n) is 7.55. The molecule has 164 valence electrons. The van der Waals surface area contributed by atoms with Crippen molar-refractivity contribution in [1.82, 2.24) is 9.97 Å². The molecule has 4 bridgehead atoms. The molecule has 7 rings (SSSR count). The van der Waals surface area contributed by atoms with E-state index < -0.39 is 0 Å². The quantitative estimate of drug-likeness (QED) is 0.724. The summed E-state index contributed by atoms with van der Waals surface area (Å²) in [6, 6.07) is 10.9. The molecule has 5 heteroatoms. The summed E-state index contributed by atoms with van der Waals surface area (Å²) in [7, 11) is 0. The molecule has 3 N–H and O–H groups in total. The van der Waals surface area contributed by atoms with Crippen molar-refractivity contribution in [2.45, 2.75) is 63.3 Å².